The van der Waals surface area contributed by atoms with Gasteiger partial charge in [0.1, 0.15) is 17.0 Å². The number of fused-ring (bicyclic) bond motifs is 4. The van der Waals surface area contributed by atoms with Crippen molar-refractivity contribution < 1.29 is 19.0 Å². The molecule has 180 valence electrons. The molecule has 0 saturated heterocycles. The molecule has 35 heavy (non-hydrogen) atoms. The van der Waals surface area contributed by atoms with Gasteiger partial charge in [-0.2, -0.15) is 0 Å². The minimum atomic E-state index is -0.735. The van der Waals surface area contributed by atoms with Crippen molar-refractivity contribution in [2.24, 2.45) is 29.6 Å². The first kappa shape index (κ1) is 20.8. The minimum Gasteiger partial charge on any atom is -0.481 e. The number of aromatic amines is 1. The Hall–Kier alpha value is -3.53. The molecule has 6 atom stereocenters. The van der Waals surface area contributed by atoms with Gasteiger partial charge >= 0.3 is 5.97 Å². The van der Waals surface area contributed by atoms with Gasteiger partial charge in [-0.1, -0.05) is 0 Å². The summed E-state index contributed by atoms with van der Waals surface area (Å²) < 4.78 is 21.1. The molecule has 4 aromatic rings. The first-order chi connectivity index (χ1) is 17.0. The van der Waals surface area contributed by atoms with Crippen LogP contribution in [0.25, 0.3) is 27.9 Å². The molecule has 0 aliphatic heterocycles. The maximum atomic E-state index is 14.0. The molecule has 0 radical (unpaired) electrons. The molecule has 4 aliphatic carbocycles. The van der Waals surface area contributed by atoms with Gasteiger partial charge in [0.2, 0.25) is 0 Å². The van der Waals surface area contributed by atoms with Gasteiger partial charge in [0.15, 0.2) is 11.6 Å². The van der Waals surface area contributed by atoms with Crippen molar-refractivity contribution in [3.05, 3.63) is 42.1 Å². The number of hydrogen-bond acceptors (Lipinski definition) is 6. The van der Waals surface area contributed by atoms with E-state index in [0.717, 1.165) is 36.7 Å². The number of aliphatic carboxylic acids is 1. The van der Waals surface area contributed by atoms with Crippen LogP contribution in [0.3, 0.4) is 0 Å². The van der Waals surface area contributed by atoms with Gasteiger partial charge in [-0.15, -0.1) is 5.10 Å². The number of methoxy groups -OCH3 is 1. The van der Waals surface area contributed by atoms with Crippen molar-refractivity contribution in [1.82, 2.24) is 24.6 Å². The number of anilines is 1. The Morgan fingerprint density at radius 1 is 1.29 bits per heavy atom. The largest absolute Gasteiger partial charge is 0.481 e. The van der Waals surface area contributed by atoms with E-state index in [1.807, 2.05) is 12.1 Å². The first-order valence-corrected chi connectivity index (χ1v) is 12.0. The summed E-state index contributed by atoms with van der Waals surface area (Å²) in [6.07, 6.45) is 6.06. The van der Waals surface area contributed by atoms with Crippen LogP contribution in [-0.2, 0) is 16.1 Å². The van der Waals surface area contributed by atoms with Gasteiger partial charge in [-0.05, 0) is 61.1 Å². The van der Waals surface area contributed by atoms with E-state index in [2.05, 4.69) is 15.3 Å². The Labute approximate surface area is 199 Å². The predicted octanol–water partition coefficient (Wildman–Crippen LogP) is 3.72. The zero-order valence-corrected chi connectivity index (χ0v) is 19.1. The third-order valence-corrected chi connectivity index (χ3v) is 8.34. The number of aromatic nitrogens is 5. The van der Waals surface area contributed by atoms with E-state index in [1.165, 1.54) is 6.07 Å². The number of pyridine rings is 1. The van der Waals surface area contributed by atoms with Crippen molar-refractivity contribution in [3.8, 4) is 11.4 Å². The van der Waals surface area contributed by atoms with Crippen LogP contribution in [0.5, 0.6) is 0 Å². The third-order valence-electron chi connectivity index (χ3n) is 8.34. The van der Waals surface area contributed by atoms with Crippen LogP contribution >= 0.6 is 0 Å². The zero-order chi connectivity index (χ0) is 23.8. The monoisotopic (exact) mass is 476 g/mol. The van der Waals surface area contributed by atoms with Crippen molar-refractivity contribution >= 4 is 28.3 Å². The lowest BCUT2D eigenvalue weighted by atomic mass is 9.61. The molecule has 0 amide bonds. The van der Waals surface area contributed by atoms with Crippen molar-refractivity contribution in [1.29, 1.82) is 0 Å². The number of nitrogens with one attached hydrogen (secondary N) is 2. The highest BCUT2D eigenvalue weighted by Gasteiger charge is 2.63. The van der Waals surface area contributed by atoms with E-state index in [-0.39, 0.29) is 12.0 Å². The fraction of sp³-hybridized carbons (Fsp3) is 0.440. The lowest BCUT2D eigenvalue weighted by molar-refractivity contribution is -0.148. The van der Waals surface area contributed by atoms with E-state index < -0.39 is 17.7 Å². The Morgan fingerprint density at radius 2 is 2.11 bits per heavy atom. The smallest absolute Gasteiger partial charge is 0.308 e. The molecule has 2 unspecified atom stereocenters. The average Bonchev–Trinajstić information content (AvgIpc) is 3.43. The van der Waals surface area contributed by atoms with Gasteiger partial charge in [0.25, 0.3) is 0 Å². The number of ether oxygens (including phenoxy) is 1. The molecular formula is C25H25FN6O3. The minimum absolute atomic E-state index is 0.190. The Kier molecular flexibility index (Phi) is 4.45. The molecule has 4 aliphatic rings. The maximum absolute atomic E-state index is 14.0. The van der Waals surface area contributed by atoms with Crippen molar-refractivity contribution in [2.75, 3.05) is 12.4 Å². The average molecular weight is 477 g/mol. The molecular weight excluding hydrogens is 451 g/mol. The molecule has 9 nitrogen and oxygen atoms in total. The fourth-order valence-corrected chi connectivity index (χ4v) is 6.84. The molecule has 4 heterocycles. The summed E-state index contributed by atoms with van der Waals surface area (Å²) in [7, 11) is 1.62. The Bertz CT molecular complexity index is 1480. The second-order valence-corrected chi connectivity index (χ2v) is 10.1. The van der Waals surface area contributed by atoms with E-state index >= 15 is 0 Å². The van der Waals surface area contributed by atoms with E-state index in [0.29, 0.717) is 52.6 Å². The topological polar surface area (TPSA) is 117 Å². The molecule has 4 fully saturated rings. The highest BCUT2D eigenvalue weighted by molar-refractivity contribution is 5.92. The summed E-state index contributed by atoms with van der Waals surface area (Å²) in [5.74, 6) is 1.07. The number of carbonyl (C=O) groups is 1. The maximum Gasteiger partial charge on any atom is 0.308 e. The number of rotatable bonds is 6. The van der Waals surface area contributed by atoms with Gasteiger partial charge in [0, 0.05) is 30.3 Å². The van der Waals surface area contributed by atoms with E-state index in [9.17, 15) is 14.3 Å². The van der Waals surface area contributed by atoms with Crippen LogP contribution in [0.4, 0.5) is 10.2 Å². The summed E-state index contributed by atoms with van der Waals surface area (Å²) in [6.45, 7) is 0.351. The summed E-state index contributed by atoms with van der Waals surface area (Å²) in [4.78, 5) is 24.4. The van der Waals surface area contributed by atoms with Gasteiger partial charge in [0.05, 0.1) is 24.4 Å². The number of halogens is 1. The second kappa shape index (κ2) is 7.48. The number of hydrogen-bond donors (Lipinski definition) is 3. The van der Waals surface area contributed by atoms with Gasteiger partial charge < -0.3 is 20.1 Å². The Balaban J connectivity index is 1.37. The lowest BCUT2D eigenvalue weighted by Crippen LogP contribution is -2.52. The third kappa shape index (κ3) is 3.09. The molecule has 4 saturated carbocycles. The number of nitrogens with zero attached hydrogens (tertiary/aromatic N) is 4. The number of carboxylic acid groups (broad SMARTS) is 1. The first-order valence-electron chi connectivity index (χ1n) is 12.0. The fourth-order valence-electron chi connectivity index (χ4n) is 6.84. The molecule has 3 N–H and O–H groups in total. The van der Waals surface area contributed by atoms with Crippen molar-refractivity contribution in [2.45, 2.75) is 31.9 Å². The van der Waals surface area contributed by atoms with Crippen LogP contribution < -0.4 is 5.32 Å². The SMILES string of the molecule is COCc1ccc2c(N[C@H]3[C@H](C(=O)O)[C@H]4CC[C@@H]3C3CC34)nc(-c3c[nH]c4ncc(F)cc34)nn12. The van der Waals surface area contributed by atoms with Crippen LogP contribution in [-0.4, -0.2) is 48.8 Å². The molecule has 8 rings (SSSR count). The summed E-state index contributed by atoms with van der Waals surface area (Å²) >= 11 is 0. The normalized spacial score (nSPS) is 29.0. The van der Waals surface area contributed by atoms with Crippen LogP contribution in [0.2, 0.25) is 0 Å². The second-order valence-electron chi connectivity index (χ2n) is 10.1. The number of H-pyrrole nitrogens is 1. The zero-order valence-electron chi connectivity index (χ0n) is 19.1. The van der Waals surface area contributed by atoms with Gasteiger partial charge in [-0.25, -0.2) is 18.9 Å². The molecule has 10 heteroatoms. The van der Waals surface area contributed by atoms with E-state index in [4.69, 9.17) is 14.8 Å². The molecule has 0 aromatic carbocycles. The summed E-state index contributed by atoms with van der Waals surface area (Å²) in [6, 6.07) is 5.07. The van der Waals surface area contributed by atoms with Gasteiger partial charge in [-0.3, -0.25) is 4.79 Å². The van der Waals surface area contributed by atoms with Crippen LogP contribution in [0, 0.1) is 35.4 Å². The van der Waals surface area contributed by atoms with E-state index in [1.54, 1.807) is 17.8 Å². The number of carboxylic acids is 1. The molecule has 2 bridgehead atoms. The lowest BCUT2D eigenvalue weighted by Gasteiger charge is -2.46. The quantitative estimate of drug-likeness (QED) is 0.388. The van der Waals surface area contributed by atoms with Crippen LogP contribution in [0.15, 0.2) is 30.6 Å². The highest BCUT2D eigenvalue weighted by Crippen LogP contribution is 2.64. The Morgan fingerprint density at radius 3 is 2.94 bits per heavy atom. The summed E-state index contributed by atoms with van der Waals surface area (Å²) in [5, 5.41) is 19.0. The van der Waals surface area contributed by atoms with Crippen molar-refractivity contribution in [3.63, 3.8) is 0 Å². The van der Waals surface area contributed by atoms with Crippen LogP contribution in [0.1, 0.15) is 25.0 Å². The highest BCUT2D eigenvalue weighted by atomic mass is 19.1. The molecule has 4 aromatic heterocycles. The standard InChI is InChI=1S/C25H25FN6O3/c1-35-10-12-2-5-19-24(29-21-14-4-3-13(15-7-16(14)15)20(21)25(33)34)30-23(31-32(12)19)18-9-28-22-17(18)6-11(26)8-27-22/h2,5-6,8-9,13-16,20-21H,3-4,7,10H2,1H3,(H,27,28)(H,33,34)(H,29,30,31)/t13-,14+,15?,16?,20+,21+/m0/s1. The predicted molar refractivity (Wildman–Crippen MR) is 125 cm³/mol. The summed E-state index contributed by atoms with van der Waals surface area (Å²) in [5.41, 5.74) is 2.75. The molecule has 0 spiro atoms.